The number of nitrogens with zero attached hydrogens (tertiary/aromatic N) is 1. The van der Waals surface area contributed by atoms with Gasteiger partial charge in [0.2, 0.25) is 5.91 Å². The van der Waals surface area contributed by atoms with E-state index in [1.165, 1.54) is 28.8 Å². The second-order valence-electron chi connectivity index (χ2n) is 6.65. The highest BCUT2D eigenvalue weighted by molar-refractivity contribution is 8.01. The molecule has 1 aromatic carbocycles. The Hall–Kier alpha value is -1.25. The molecule has 138 valence electrons. The Bertz CT molecular complexity index is 602. The largest absolute Gasteiger partial charge is 0.416 e. The number of benzene rings is 1. The van der Waals surface area contributed by atoms with Crippen molar-refractivity contribution in [2.75, 3.05) is 39.3 Å². The molecule has 0 spiro atoms. The maximum atomic E-state index is 12.7. The van der Waals surface area contributed by atoms with E-state index in [2.05, 4.69) is 5.32 Å². The van der Waals surface area contributed by atoms with E-state index in [0.29, 0.717) is 6.54 Å². The molecule has 0 aromatic heterocycles. The van der Waals surface area contributed by atoms with Crippen molar-refractivity contribution in [3.05, 3.63) is 35.4 Å². The summed E-state index contributed by atoms with van der Waals surface area (Å²) in [5, 5.41) is 1.95. The van der Waals surface area contributed by atoms with Crippen molar-refractivity contribution in [3.63, 3.8) is 0 Å². The number of rotatable bonds is 4. The lowest BCUT2D eigenvalue weighted by atomic mass is 10.1. The Morgan fingerprint density at radius 3 is 2.48 bits per heavy atom. The molecule has 0 aliphatic carbocycles. The number of nitrogens with two attached hydrogens (primary N) is 1. The molecule has 2 saturated heterocycles. The number of halogens is 3. The summed E-state index contributed by atoms with van der Waals surface area (Å²) in [5.74, 6) is 0.0814. The first-order valence-electron chi connectivity index (χ1n) is 8.64. The van der Waals surface area contributed by atoms with Crippen LogP contribution in [0.3, 0.4) is 0 Å². The number of piperazine rings is 1. The minimum Gasteiger partial charge on any atom is -0.337 e. The molecule has 0 bridgehead atoms. The van der Waals surface area contributed by atoms with E-state index in [1.807, 2.05) is 11.8 Å². The van der Waals surface area contributed by atoms with Crippen LogP contribution in [0.2, 0.25) is 0 Å². The Kier molecular flexibility index (Phi) is 5.60. The minimum absolute atomic E-state index is 0.0814. The van der Waals surface area contributed by atoms with Crippen LogP contribution in [0.25, 0.3) is 0 Å². The number of amides is 1. The van der Waals surface area contributed by atoms with Gasteiger partial charge in [0.25, 0.3) is 0 Å². The van der Waals surface area contributed by atoms with Gasteiger partial charge in [0, 0.05) is 0 Å². The number of quaternary nitrogens is 2. The fourth-order valence-corrected chi connectivity index (χ4v) is 4.72. The summed E-state index contributed by atoms with van der Waals surface area (Å²) in [6.45, 7) is 7.81. The maximum Gasteiger partial charge on any atom is 0.416 e. The molecule has 0 unspecified atom stereocenters. The van der Waals surface area contributed by atoms with E-state index >= 15 is 0 Å². The normalized spacial score (nSPS) is 25.6. The third kappa shape index (κ3) is 4.30. The lowest BCUT2D eigenvalue weighted by molar-refractivity contribution is -0.946. The molecule has 2 heterocycles. The van der Waals surface area contributed by atoms with Crippen LogP contribution in [0, 0.1) is 0 Å². The summed E-state index contributed by atoms with van der Waals surface area (Å²) in [5.41, 5.74) is 0.108. The topological polar surface area (TPSA) is 41.4 Å². The summed E-state index contributed by atoms with van der Waals surface area (Å²) in [6, 6.07) is 5.21. The Labute approximate surface area is 149 Å². The first-order chi connectivity index (χ1) is 11.9. The molecule has 2 fully saturated rings. The fraction of sp³-hybridized carbons (Fsp3) is 0.588. The second-order valence-corrected chi connectivity index (χ2v) is 8.07. The van der Waals surface area contributed by atoms with Crippen LogP contribution >= 0.6 is 11.8 Å². The van der Waals surface area contributed by atoms with Gasteiger partial charge in [-0.25, -0.2) is 0 Å². The highest BCUT2D eigenvalue weighted by atomic mass is 32.2. The molecule has 2 aliphatic heterocycles. The van der Waals surface area contributed by atoms with Crippen LogP contribution in [0.5, 0.6) is 0 Å². The van der Waals surface area contributed by atoms with Crippen LogP contribution in [0.4, 0.5) is 13.2 Å². The van der Waals surface area contributed by atoms with E-state index < -0.39 is 11.7 Å². The molecule has 2 aliphatic rings. The molecule has 3 rings (SSSR count). The number of carbonyl (C=O) groups excluding carboxylic acids is 1. The van der Waals surface area contributed by atoms with Gasteiger partial charge in [0.15, 0.2) is 0 Å². The predicted molar refractivity (Wildman–Crippen MR) is 90.2 cm³/mol. The zero-order valence-corrected chi connectivity index (χ0v) is 15.0. The fourth-order valence-electron chi connectivity index (χ4n) is 3.41. The molecule has 1 amide bonds. The van der Waals surface area contributed by atoms with Crippen LogP contribution in [-0.2, 0) is 11.0 Å². The third-order valence-electron chi connectivity index (χ3n) is 4.88. The quantitative estimate of drug-likeness (QED) is 0.786. The standard InChI is InChI=1S/C17H22F3N3OS/c1-12-15(24)23(11-10-22-8-6-21-7-9-22)16(25-12)13-2-4-14(5-3-13)17(18,19)20/h2-5,12,16,21H,6-11H2,1H3/p+2/t12-,16-/m1/s1. The number of alkyl halides is 3. The summed E-state index contributed by atoms with van der Waals surface area (Å²) in [6.07, 6.45) is -4.33. The van der Waals surface area contributed by atoms with Crippen molar-refractivity contribution in [1.29, 1.82) is 0 Å². The molecule has 4 nitrogen and oxygen atoms in total. The summed E-state index contributed by atoms with van der Waals surface area (Å²) >= 11 is 1.51. The molecule has 1 aromatic rings. The van der Waals surface area contributed by atoms with Crippen molar-refractivity contribution >= 4 is 17.7 Å². The van der Waals surface area contributed by atoms with Gasteiger partial charge in [-0.15, -0.1) is 11.8 Å². The SMILES string of the molecule is C[C@H]1S[C@H](c2ccc(C(F)(F)F)cc2)N(CC[NH+]2CC[NH2+]CC2)C1=O. The van der Waals surface area contributed by atoms with Crippen LogP contribution in [-0.4, -0.2) is 55.3 Å². The molecule has 0 saturated carbocycles. The zero-order chi connectivity index (χ0) is 18.0. The van der Waals surface area contributed by atoms with Crippen LogP contribution in [0.1, 0.15) is 23.4 Å². The summed E-state index contributed by atoms with van der Waals surface area (Å²) < 4.78 is 38.2. The van der Waals surface area contributed by atoms with Gasteiger partial charge in [-0.3, -0.25) is 4.79 Å². The number of thioether (sulfide) groups is 1. The van der Waals surface area contributed by atoms with E-state index in [-0.39, 0.29) is 16.5 Å². The van der Waals surface area contributed by atoms with E-state index in [9.17, 15) is 18.0 Å². The van der Waals surface area contributed by atoms with Gasteiger partial charge in [-0.1, -0.05) is 12.1 Å². The van der Waals surface area contributed by atoms with Crippen molar-refractivity contribution in [2.24, 2.45) is 0 Å². The van der Waals surface area contributed by atoms with Crippen molar-refractivity contribution < 1.29 is 28.2 Å². The summed E-state index contributed by atoms with van der Waals surface area (Å²) in [7, 11) is 0. The van der Waals surface area contributed by atoms with Crippen molar-refractivity contribution in [2.45, 2.75) is 23.7 Å². The maximum absolute atomic E-state index is 12.7. The average molecular weight is 375 g/mol. The third-order valence-corrected chi connectivity index (χ3v) is 6.27. The van der Waals surface area contributed by atoms with Crippen molar-refractivity contribution in [1.82, 2.24) is 4.90 Å². The van der Waals surface area contributed by atoms with Crippen LogP contribution < -0.4 is 10.2 Å². The molecule has 2 atom stereocenters. The number of hydrogen-bond acceptors (Lipinski definition) is 2. The van der Waals surface area contributed by atoms with Gasteiger partial charge in [-0.2, -0.15) is 13.2 Å². The second kappa shape index (κ2) is 7.55. The van der Waals surface area contributed by atoms with Gasteiger partial charge in [-0.05, 0) is 24.6 Å². The van der Waals surface area contributed by atoms with Gasteiger partial charge < -0.3 is 15.1 Å². The first-order valence-corrected chi connectivity index (χ1v) is 9.59. The number of hydrogen-bond donors (Lipinski definition) is 2. The number of nitrogens with one attached hydrogen (secondary N) is 1. The van der Waals surface area contributed by atoms with Gasteiger partial charge in [0.05, 0.1) is 23.9 Å². The summed E-state index contributed by atoms with van der Waals surface area (Å²) in [4.78, 5) is 15.8. The van der Waals surface area contributed by atoms with Gasteiger partial charge in [0.1, 0.15) is 31.6 Å². The highest BCUT2D eigenvalue weighted by Gasteiger charge is 2.39. The van der Waals surface area contributed by atoms with Crippen molar-refractivity contribution in [3.8, 4) is 0 Å². The molecular formula is C17H24F3N3OS+2. The van der Waals surface area contributed by atoms with Crippen LogP contribution in [0.15, 0.2) is 24.3 Å². The molecule has 25 heavy (non-hydrogen) atoms. The number of carbonyl (C=O) groups is 1. The lowest BCUT2D eigenvalue weighted by Crippen LogP contribution is -3.20. The molecule has 8 heteroatoms. The van der Waals surface area contributed by atoms with E-state index in [4.69, 9.17) is 0 Å². The first kappa shape index (κ1) is 18.5. The highest BCUT2D eigenvalue weighted by Crippen LogP contribution is 2.43. The zero-order valence-electron chi connectivity index (χ0n) is 14.2. The Morgan fingerprint density at radius 2 is 1.88 bits per heavy atom. The molecule has 3 N–H and O–H groups in total. The van der Waals surface area contributed by atoms with Gasteiger partial charge >= 0.3 is 6.18 Å². The molecular weight excluding hydrogens is 351 g/mol. The minimum atomic E-state index is -4.33. The predicted octanol–water partition coefficient (Wildman–Crippen LogP) is 0.130. The Morgan fingerprint density at radius 1 is 1.24 bits per heavy atom. The average Bonchev–Trinajstić information content (AvgIpc) is 2.88. The Balaban J connectivity index is 1.70. The molecule has 0 radical (unpaired) electrons. The smallest absolute Gasteiger partial charge is 0.337 e. The lowest BCUT2D eigenvalue weighted by Gasteiger charge is -2.28. The van der Waals surface area contributed by atoms with E-state index in [0.717, 1.165) is 50.4 Å². The monoisotopic (exact) mass is 375 g/mol. The van der Waals surface area contributed by atoms with E-state index in [1.54, 1.807) is 0 Å².